The average molecular weight is 322 g/mol. The zero-order chi connectivity index (χ0) is 18.0. The molecule has 0 atom stereocenters. The Morgan fingerprint density at radius 2 is 1.26 bits per heavy atom. The molecule has 124 valence electrons. The molecule has 4 N–H and O–H groups in total. The first kappa shape index (κ1) is 20.1. The number of carboxylic acid groups (broad SMARTS) is 3. The van der Waals surface area contributed by atoms with E-state index in [0.29, 0.717) is 0 Å². The Bertz CT molecular complexity index is 561. The van der Waals surface area contributed by atoms with Gasteiger partial charge in [-0.1, -0.05) is 49.6 Å². The van der Waals surface area contributed by atoms with Crippen molar-refractivity contribution in [1.82, 2.24) is 0 Å². The molecule has 7 heteroatoms. The maximum absolute atomic E-state index is 10.3. The molecule has 0 unspecified atom stereocenters. The molecule has 0 heterocycles. The van der Waals surface area contributed by atoms with Gasteiger partial charge in [-0.15, -0.1) is 0 Å². The van der Waals surface area contributed by atoms with Crippen molar-refractivity contribution in [2.45, 2.75) is 18.4 Å². The highest BCUT2D eigenvalue weighted by Gasteiger charge is 2.40. The van der Waals surface area contributed by atoms with E-state index in [0.717, 1.165) is 11.1 Å². The van der Waals surface area contributed by atoms with Crippen LogP contribution in [0.2, 0.25) is 0 Å². The van der Waals surface area contributed by atoms with Gasteiger partial charge in [-0.05, 0) is 11.1 Å². The summed E-state index contributed by atoms with van der Waals surface area (Å²) in [4.78, 5) is 30.5. The van der Waals surface area contributed by atoms with Crippen LogP contribution in [0.3, 0.4) is 0 Å². The molecule has 0 fully saturated rings. The Labute approximate surface area is 132 Å². The van der Waals surface area contributed by atoms with E-state index >= 15 is 0 Å². The van der Waals surface area contributed by atoms with Crippen molar-refractivity contribution in [2.24, 2.45) is 0 Å². The number of carbonyl (C=O) groups is 3. The molecule has 23 heavy (non-hydrogen) atoms. The lowest BCUT2D eigenvalue weighted by Crippen LogP contribution is -2.42. The number of hydrogen-bond acceptors (Lipinski definition) is 4. The maximum atomic E-state index is 10.3. The van der Waals surface area contributed by atoms with Gasteiger partial charge in [0.1, 0.15) is 0 Å². The number of aliphatic hydroxyl groups is 1. The summed E-state index contributed by atoms with van der Waals surface area (Å²) in [6.07, 6.45) is 1.37. The second-order valence-electron chi connectivity index (χ2n) is 4.51. The van der Waals surface area contributed by atoms with E-state index in [2.05, 4.69) is 13.2 Å². The first-order valence-electron chi connectivity index (χ1n) is 6.39. The number of aliphatic carboxylic acids is 3. The fourth-order valence-electron chi connectivity index (χ4n) is 1.60. The first-order chi connectivity index (χ1) is 10.7. The highest BCUT2D eigenvalue weighted by molar-refractivity contribution is 5.88. The van der Waals surface area contributed by atoms with E-state index in [1.54, 1.807) is 0 Å². The Morgan fingerprint density at radius 3 is 1.48 bits per heavy atom. The molecule has 0 aliphatic carbocycles. The van der Waals surface area contributed by atoms with E-state index in [1.807, 2.05) is 36.4 Å². The lowest BCUT2D eigenvalue weighted by Gasteiger charge is -2.18. The highest BCUT2D eigenvalue weighted by atomic mass is 16.4. The van der Waals surface area contributed by atoms with Crippen molar-refractivity contribution < 1.29 is 34.8 Å². The predicted octanol–water partition coefficient (Wildman–Crippen LogP) is 1.72. The smallest absolute Gasteiger partial charge is 0.336 e. The molecule has 0 aromatic heterocycles. The highest BCUT2D eigenvalue weighted by Crippen LogP contribution is 2.15. The summed E-state index contributed by atoms with van der Waals surface area (Å²) in [6, 6.07) is 8.02. The average Bonchev–Trinajstić information content (AvgIpc) is 2.45. The summed E-state index contributed by atoms with van der Waals surface area (Å²) in [7, 11) is 0. The lowest BCUT2D eigenvalue weighted by molar-refractivity contribution is -0.170. The van der Waals surface area contributed by atoms with Crippen LogP contribution in [0.5, 0.6) is 0 Å². The molecule has 0 radical (unpaired) electrons. The summed E-state index contributed by atoms with van der Waals surface area (Å²) in [6.45, 7) is 7.38. The van der Waals surface area contributed by atoms with Crippen molar-refractivity contribution in [3.63, 3.8) is 0 Å². The number of carboxylic acids is 3. The minimum atomic E-state index is -2.74. The quantitative estimate of drug-likeness (QED) is 0.601. The van der Waals surface area contributed by atoms with Gasteiger partial charge < -0.3 is 20.4 Å². The predicted molar refractivity (Wildman–Crippen MR) is 83.7 cm³/mol. The van der Waals surface area contributed by atoms with Crippen LogP contribution in [-0.2, 0) is 14.4 Å². The molecule has 0 amide bonds. The van der Waals surface area contributed by atoms with Crippen LogP contribution in [-0.4, -0.2) is 43.9 Å². The Morgan fingerprint density at radius 1 is 0.913 bits per heavy atom. The fourth-order valence-corrected chi connectivity index (χ4v) is 1.60. The van der Waals surface area contributed by atoms with Crippen molar-refractivity contribution in [3.8, 4) is 0 Å². The Hall–Kier alpha value is -2.93. The molecule has 1 rings (SSSR count). The van der Waals surface area contributed by atoms with Crippen LogP contribution >= 0.6 is 0 Å². The summed E-state index contributed by atoms with van der Waals surface area (Å²) in [5, 5.41) is 33.8. The third-order valence-corrected chi connectivity index (χ3v) is 2.72. The van der Waals surface area contributed by atoms with Crippen LogP contribution in [0.25, 0.3) is 12.2 Å². The van der Waals surface area contributed by atoms with Gasteiger partial charge in [-0.3, -0.25) is 9.59 Å². The van der Waals surface area contributed by atoms with E-state index < -0.39 is 36.4 Å². The minimum Gasteiger partial charge on any atom is -0.481 e. The summed E-state index contributed by atoms with van der Waals surface area (Å²) in [5.41, 5.74) is -0.465. The van der Waals surface area contributed by atoms with Gasteiger partial charge in [0.2, 0.25) is 0 Å². The molecule has 0 aliphatic rings. The molecule has 1 aromatic rings. The van der Waals surface area contributed by atoms with Gasteiger partial charge in [0.25, 0.3) is 0 Å². The standard InChI is InChI=1S/C10H10.C6H8O7/c1-3-9-7-5-6-8-10(9)4-2;7-3(8)1-6(13,5(11)12)2-4(9)10/h3-8H,1-2H2;13H,1-2H2,(H,7,8)(H,9,10)(H,11,12). The second-order valence-corrected chi connectivity index (χ2v) is 4.51. The zero-order valence-electron chi connectivity index (χ0n) is 12.3. The molecular weight excluding hydrogens is 304 g/mol. The number of benzene rings is 1. The van der Waals surface area contributed by atoms with Gasteiger partial charge in [0.15, 0.2) is 5.60 Å². The van der Waals surface area contributed by atoms with Crippen LogP contribution in [0.15, 0.2) is 37.4 Å². The van der Waals surface area contributed by atoms with Gasteiger partial charge in [0.05, 0.1) is 12.8 Å². The summed E-state index contributed by atoms with van der Waals surface area (Å²) in [5.74, 6) is -5.02. The third kappa shape index (κ3) is 7.05. The van der Waals surface area contributed by atoms with Crippen LogP contribution in [0.4, 0.5) is 0 Å². The Balaban J connectivity index is 0.000000433. The fraction of sp³-hybridized carbons (Fsp3) is 0.188. The normalized spacial score (nSPS) is 9.96. The topological polar surface area (TPSA) is 132 Å². The molecule has 0 aliphatic heterocycles. The first-order valence-corrected chi connectivity index (χ1v) is 6.39. The van der Waals surface area contributed by atoms with Gasteiger partial charge >= 0.3 is 17.9 Å². The third-order valence-electron chi connectivity index (χ3n) is 2.72. The minimum absolute atomic E-state index is 1.14. The monoisotopic (exact) mass is 322 g/mol. The van der Waals surface area contributed by atoms with Crippen LogP contribution < -0.4 is 0 Å². The van der Waals surface area contributed by atoms with Crippen molar-refractivity contribution in [3.05, 3.63) is 48.6 Å². The molecular formula is C16H18O7. The Kier molecular flexibility index (Phi) is 7.99. The molecule has 0 spiro atoms. The van der Waals surface area contributed by atoms with Crippen LogP contribution in [0.1, 0.15) is 24.0 Å². The van der Waals surface area contributed by atoms with E-state index in [4.69, 9.17) is 20.4 Å². The van der Waals surface area contributed by atoms with E-state index in [1.165, 1.54) is 0 Å². The van der Waals surface area contributed by atoms with Crippen molar-refractivity contribution >= 4 is 30.1 Å². The van der Waals surface area contributed by atoms with E-state index in [-0.39, 0.29) is 0 Å². The van der Waals surface area contributed by atoms with Crippen LogP contribution in [0, 0.1) is 0 Å². The lowest BCUT2D eigenvalue weighted by atomic mass is 9.96. The summed E-state index contributed by atoms with van der Waals surface area (Å²) >= 11 is 0. The van der Waals surface area contributed by atoms with Gasteiger partial charge in [-0.25, -0.2) is 4.79 Å². The largest absolute Gasteiger partial charge is 0.481 e. The van der Waals surface area contributed by atoms with Crippen molar-refractivity contribution in [1.29, 1.82) is 0 Å². The molecule has 1 aromatic carbocycles. The number of hydrogen-bond donors (Lipinski definition) is 4. The molecule has 0 saturated heterocycles. The number of rotatable bonds is 7. The molecule has 0 bridgehead atoms. The summed E-state index contributed by atoms with van der Waals surface area (Å²) < 4.78 is 0. The molecule has 7 nitrogen and oxygen atoms in total. The maximum Gasteiger partial charge on any atom is 0.336 e. The van der Waals surface area contributed by atoms with E-state index in [9.17, 15) is 14.4 Å². The molecule has 0 saturated carbocycles. The van der Waals surface area contributed by atoms with Gasteiger partial charge in [0, 0.05) is 0 Å². The second kappa shape index (κ2) is 9.16. The SMILES string of the molecule is C=Cc1ccccc1C=C.O=C(O)CC(O)(CC(=O)O)C(=O)O. The van der Waals surface area contributed by atoms with Crippen molar-refractivity contribution in [2.75, 3.05) is 0 Å². The zero-order valence-corrected chi connectivity index (χ0v) is 12.3. The van der Waals surface area contributed by atoms with Gasteiger partial charge in [-0.2, -0.15) is 0 Å².